The van der Waals surface area contributed by atoms with Crippen LogP contribution in [0.2, 0.25) is 0 Å². The van der Waals surface area contributed by atoms with Crippen molar-refractivity contribution in [3.63, 3.8) is 0 Å². The molecule has 144 valence electrons. The molecule has 0 aliphatic carbocycles. The molecular weight excluding hydrogens is 394 g/mol. The summed E-state index contributed by atoms with van der Waals surface area (Å²) in [6, 6.07) is 0. The van der Waals surface area contributed by atoms with Crippen LogP contribution < -0.4 is 5.32 Å². The van der Waals surface area contributed by atoms with Crippen LogP contribution in [-0.2, 0) is 9.59 Å². The van der Waals surface area contributed by atoms with Gasteiger partial charge in [0.1, 0.15) is 0 Å². The molecule has 0 bridgehead atoms. The molecule has 0 spiro atoms. The van der Waals surface area contributed by atoms with Crippen LogP contribution in [-0.4, -0.2) is 83.9 Å². The average molecular weight is 424 g/mol. The van der Waals surface area contributed by atoms with E-state index < -0.39 is 0 Å². The number of carbonyl (C=O) groups is 2. The molecule has 0 radical (unpaired) electrons. The van der Waals surface area contributed by atoms with E-state index in [9.17, 15) is 9.59 Å². The molecule has 2 saturated heterocycles. The summed E-state index contributed by atoms with van der Waals surface area (Å²) in [5.41, 5.74) is 0. The third-order valence-electron chi connectivity index (χ3n) is 4.14. The molecule has 25 heavy (non-hydrogen) atoms. The Bertz CT molecular complexity index is 363. The van der Waals surface area contributed by atoms with Crippen LogP contribution in [0.4, 0.5) is 0 Å². The Hall–Kier alpha value is 0.300. The van der Waals surface area contributed by atoms with E-state index >= 15 is 0 Å². The Morgan fingerprint density at radius 2 is 1.04 bits per heavy atom. The number of hydrogen-bond acceptors (Lipinski definition) is 7. The highest BCUT2D eigenvalue weighted by atomic mass is 33.1. The first-order valence-corrected chi connectivity index (χ1v) is 14.0. The van der Waals surface area contributed by atoms with Gasteiger partial charge in [-0.15, -0.1) is 0 Å². The normalized spacial score (nSPS) is 19.4. The monoisotopic (exact) mass is 423 g/mol. The van der Waals surface area contributed by atoms with E-state index in [-0.39, 0.29) is 11.8 Å². The molecular formula is C16H29N3O2S4. The first-order valence-electron chi connectivity index (χ1n) is 9.02. The molecule has 0 atom stereocenters. The zero-order valence-corrected chi connectivity index (χ0v) is 18.0. The number of carbonyl (C=O) groups excluding carboxylic acids is 2. The second-order valence-corrected chi connectivity index (χ2v) is 11.4. The van der Waals surface area contributed by atoms with Crippen molar-refractivity contribution >= 4 is 55.0 Å². The van der Waals surface area contributed by atoms with Gasteiger partial charge in [-0.2, -0.15) is 0 Å². The van der Waals surface area contributed by atoms with E-state index in [0.717, 1.165) is 75.1 Å². The molecule has 0 saturated carbocycles. The Morgan fingerprint density at radius 3 is 1.40 bits per heavy atom. The van der Waals surface area contributed by atoms with Gasteiger partial charge in [0.05, 0.1) is 0 Å². The number of rotatable bonds is 8. The van der Waals surface area contributed by atoms with Crippen LogP contribution in [0.1, 0.15) is 25.7 Å². The van der Waals surface area contributed by atoms with Crippen LogP contribution in [0.3, 0.4) is 0 Å². The van der Waals surface area contributed by atoms with Gasteiger partial charge < -0.3 is 15.1 Å². The number of nitrogens with one attached hydrogen (secondary N) is 1. The maximum atomic E-state index is 12.2. The summed E-state index contributed by atoms with van der Waals surface area (Å²) in [6.07, 6.45) is 3.02. The molecule has 1 N–H and O–H groups in total. The fourth-order valence-corrected chi connectivity index (χ4v) is 6.68. The Kier molecular flexibility index (Phi) is 11.6. The standard InChI is InChI=1S/C16H29N3O2S4/c20-15(18-7-11-22-23-12-8-18)3-1-5-17-6-2-4-16(21)19-9-13-24-25-14-10-19/h17H,1-14H2. The minimum atomic E-state index is 0.289. The molecule has 0 unspecified atom stereocenters. The predicted molar refractivity (Wildman–Crippen MR) is 114 cm³/mol. The van der Waals surface area contributed by atoms with E-state index in [4.69, 9.17) is 0 Å². The van der Waals surface area contributed by atoms with E-state index in [2.05, 4.69) is 5.32 Å². The molecule has 2 rings (SSSR count). The average Bonchev–Trinajstić information content (AvgIpc) is 3.05. The summed E-state index contributed by atoms with van der Waals surface area (Å²) in [6.45, 7) is 5.26. The van der Waals surface area contributed by atoms with Gasteiger partial charge in [-0.3, -0.25) is 9.59 Å². The van der Waals surface area contributed by atoms with Crippen LogP contribution in [0.25, 0.3) is 0 Å². The summed E-state index contributed by atoms with van der Waals surface area (Å²) in [5, 5.41) is 3.37. The molecule has 2 heterocycles. The van der Waals surface area contributed by atoms with Crippen molar-refractivity contribution in [3.8, 4) is 0 Å². The minimum absolute atomic E-state index is 0.289. The molecule has 2 aliphatic heterocycles. The summed E-state index contributed by atoms with van der Waals surface area (Å²) >= 11 is 0. The molecule has 2 amide bonds. The third kappa shape index (κ3) is 9.17. The van der Waals surface area contributed by atoms with Crippen LogP contribution in [0.15, 0.2) is 0 Å². The smallest absolute Gasteiger partial charge is 0.222 e. The molecule has 0 aromatic heterocycles. The predicted octanol–water partition coefficient (Wildman–Crippen LogP) is 2.58. The van der Waals surface area contributed by atoms with Crippen molar-refractivity contribution in [2.24, 2.45) is 0 Å². The second kappa shape index (κ2) is 13.5. The van der Waals surface area contributed by atoms with Crippen molar-refractivity contribution < 1.29 is 9.59 Å². The molecule has 0 aromatic carbocycles. The highest BCUT2D eigenvalue weighted by Crippen LogP contribution is 2.24. The summed E-state index contributed by atoms with van der Waals surface area (Å²) in [5.74, 6) is 4.73. The number of nitrogens with zero attached hydrogens (tertiary/aromatic N) is 2. The SMILES string of the molecule is O=C(CCCNCCCC(=O)N1CCSSCC1)N1CCSSCC1. The molecule has 2 fully saturated rings. The minimum Gasteiger partial charge on any atom is -0.341 e. The van der Waals surface area contributed by atoms with Crippen molar-refractivity contribution in [1.29, 1.82) is 0 Å². The Labute approximate surface area is 167 Å². The molecule has 9 heteroatoms. The number of hydrogen-bond donors (Lipinski definition) is 1. The summed E-state index contributed by atoms with van der Waals surface area (Å²) in [4.78, 5) is 28.3. The number of amides is 2. The summed E-state index contributed by atoms with van der Waals surface area (Å²) in [7, 11) is 7.46. The second-order valence-electron chi connectivity index (χ2n) is 6.01. The largest absolute Gasteiger partial charge is 0.341 e. The van der Waals surface area contributed by atoms with E-state index in [1.54, 1.807) is 0 Å². The van der Waals surface area contributed by atoms with Gasteiger partial charge >= 0.3 is 0 Å². The first-order chi connectivity index (χ1) is 12.3. The fourth-order valence-electron chi connectivity index (χ4n) is 2.72. The third-order valence-corrected chi connectivity index (χ3v) is 8.87. The molecule has 2 aliphatic rings. The van der Waals surface area contributed by atoms with E-state index in [0.29, 0.717) is 12.8 Å². The van der Waals surface area contributed by atoms with Crippen molar-refractivity contribution in [3.05, 3.63) is 0 Å². The molecule has 0 aromatic rings. The lowest BCUT2D eigenvalue weighted by molar-refractivity contribution is -0.131. The van der Waals surface area contributed by atoms with Crippen molar-refractivity contribution in [2.45, 2.75) is 25.7 Å². The summed E-state index contributed by atoms with van der Waals surface area (Å²) < 4.78 is 0. The topological polar surface area (TPSA) is 52.7 Å². The van der Waals surface area contributed by atoms with Crippen LogP contribution in [0.5, 0.6) is 0 Å². The van der Waals surface area contributed by atoms with E-state index in [1.165, 1.54) is 0 Å². The lowest BCUT2D eigenvalue weighted by Crippen LogP contribution is -2.34. The fraction of sp³-hybridized carbons (Fsp3) is 0.875. The van der Waals surface area contributed by atoms with Gasteiger partial charge in [-0.1, -0.05) is 43.2 Å². The van der Waals surface area contributed by atoms with Crippen molar-refractivity contribution in [1.82, 2.24) is 15.1 Å². The van der Waals surface area contributed by atoms with Gasteiger partial charge in [0, 0.05) is 62.0 Å². The van der Waals surface area contributed by atoms with Gasteiger partial charge in [0.15, 0.2) is 0 Å². The van der Waals surface area contributed by atoms with Gasteiger partial charge in [-0.25, -0.2) is 0 Å². The zero-order chi connectivity index (χ0) is 17.7. The lowest BCUT2D eigenvalue weighted by Gasteiger charge is -2.20. The van der Waals surface area contributed by atoms with Gasteiger partial charge in [0.2, 0.25) is 11.8 Å². The Balaban J connectivity index is 1.46. The molecule has 5 nitrogen and oxygen atoms in total. The maximum Gasteiger partial charge on any atom is 0.222 e. The quantitative estimate of drug-likeness (QED) is 0.476. The highest BCUT2D eigenvalue weighted by Gasteiger charge is 2.16. The van der Waals surface area contributed by atoms with Crippen molar-refractivity contribution in [2.75, 3.05) is 62.3 Å². The van der Waals surface area contributed by atoms with Crippen LogP contribution in [0, 0.1) is 0 Å². The zero-order valence-electron chi connectivity index (χ0n) is 14.7. The first kappa shape index (κ1) is 21.6. The lowest BCUT2D eigenvalue weighted by atomic mass is 10.2. The highest BCUT2D eigenvalue weighted by molar-refractivity contribution is 8.77. The van der Waals surface area contributed by atoms with Gasteiger partial charge in [-0.05, 0) is 25.9 Å². The maximum absolute atomic E-state index is 12.2. The van der Waals surface area contributed by atoms with E-state index in [1.807, 2.05) is 53.0 Å². The Morgan fingerprint density at radius 1 is 0.680 bits per heavy atom. The van der Waals surface area contributed by atoms with Crippen LogP contribution >= 0.6 is 43.2 Å². The van der Waals surface area contributed by atoms with Gasteiger partial charge in [0.25, 0.3) is 0 Å².